The van der Waals surface area contributed by atoms with Crippen LogP contribution in [0.4, 0.5) is 11.4 Å². The van der Waals surface area contributed by atoms with Crippen LogP contribution in [-0.4, -0.2) is 67.3 Å². The summed E-state index contributed by atoms with van der Waals surface area (Å²) in [5.41, 5.74) is 12.7. The van der Waals surface area contributed by atoms with Gasteiger partial charge in [0.05, 0.1) is 27.8 Å². The summed E-state index contributed by atoms with van der Waals surface area (Å²) in [5.74, 6) is -0.507. The Morgan fingerprint density at radius 3 is 2.76 bits per heavy atom. The normalized spacial score (nSPS) is 16.0. The van der Waals surface area contributed by atoms with Crippen LogP contribution >= 0.6 is 0 Å². The predicted octanol–water partition coefficient (Wildman–Crippen LogP) is 3.66. The summed E-state index contributed by atoms with van der Waals surface area (Å²) in [5, 5.41) is 11.8. The lowest BCUT2D eigenvalue weighted by Gasteiger charge is -2.21. The van der Waals surface area contributed by atoms with Crippen molar-refractivity contribution < 1.29 is 4.79 Å². The first kappa shape index (κ1) is 21.9. The van der Waals surface area contributed by atoms with Crippen molar-refractivity contribution in [3.63, 3.8) is 0 Å². The van der Waals surface area contributed by atoms with Crippen LogP contribution in [0, 0.1) is 5.41 Å². The number of nitrogens with zero attached hydrogens (tertiary/aromatic N) is 3. The molecule has 1 fully saturated rings. The molecule has 174 valence electrons. The molecule has 8 nitrogen and oxygen atoms in total. The number of aromatic nitrogens is 2. The number of carbonyl (C=O) groups excluding carboxylic acids is 1. The summed E-state index contributed by atoms with van der Waals surface area (Å²) in [6.07, 6.45) is 2.44. The van der Waals surface area contributed by atoms with Gasteiger partial charge >= 0.3 is 0 Å². The van der Waals surface area contributed by atoms with Crippen LogP contribution < -0.4 is 16.0 Å². The number of fused-ring (bicyclic) bond motifs is 3. The Hall–Kier alpha value is -3.91. The van der Waals surface area contributed by atoms with Gasteiger partial charge in [-0.05, 0) is 56.9 Å². The van der Waals surface area contributed by atoms with Crippen molar-refractivity contribution in [2.75, 3.05) is 44.4 Å². The molecular formula is C26H29N7O. The summed E-state index contributed by atoms with van der Waals surface area (Å²) in [7, 11) is 6.07. The van der Waals surface area contributed by atoms with E-state index in [9.17, 15) is 4.79 Å². The van der Waals surface area contributed by atoms with E-state index in [0.717, 1.165) is 58.4 Å². The van der Waals surface area contributed by atoms with Crippen molar-refractivity contribution in [2.24, 2.45) is 5.73 Å². The molecule has 0 bridgehead atoms. The van der Waals surface area contributed by atoms with Crippen LogP contribution in [0.5, 0.6) is 0 Å². The minimum Gasteiger partial charge on any atom is -0.388 e. The Morgan fingerprint density at radius 2 is 2.09 bits per heavy atom. The maximum Gasteiger partial charge on any atom is 0.250 e. The van der Waals surface area contributed by atoms with Gasteiger partial charge in [-0.2, -0.15) is 0 Å². The molecule has 0 saturated carbocycles. The van der Waals surface area contributed by atoms with Crippen molar-refractivity contribution in [3.8, 4) is 11.3 Å². The number of likely N-dealkylation sites (N-methyl/N-ethyl adjacent to an activating group) is 1. The molecule has 1 aliphatic heterocycles. The van der Waals surface area contributed by atoms with Crippen molar-refractivity contribution in [3.05, 3.63) is 53.6 Å². The van der Waals surface area contributed by atoms with E-state index in [1.165, 1.54) is 6.21 Å². The highest BCUT2D eigenvalue weighted by atomic mass is 16.1. The van der Waals surface area contributed by atoms with Crippen molar-refractivity contribution in [2.45, 2.75) is 12.5 Å². The number of nitrogens with two attached hydrogens (primary N) is 1. The molecule has 4 aromatic rings. The first-order chi connectivity index (χ1) is 16.4. The number of anilines is 2. The molecule has 3 heterocycles. The molecule has 0 spiro atoms. The van der Waals surface area contributed by atoms with Gasteiger partial charge in [0, 0.05) is 60.3 Å². The van der Waals surface area contributed by atoms with E-state index in [1.54, 1.807) is 6.07 Å². The molecule has 1 unspecified atom stereocenters. The lowest BCUT2D eigenvalue weighted by molar-refractivity contribution is 0.100. The zero-order chi connectivity index (χ0) is 24.0. The molecule has 2 aromatic carbocycles. The molecule has 0 radical (unpaired) electrons. The van der Waals surface area contributed by atoms with Crippen LogP contribution in [-0.2, 0) is 0 Å². The number of pyridine rings is 1. The Labute approximate surface area is 198 Å². The minimum absolute atomic E-state index is 0.403. The maximum atomic E-state index is 12.4. The Bertz CT molecular complexity index is 1420. The average molecular weight is 456 g/mol. The highest BCUT2D eigenvalue weighted by Crippen LogP contribution is 2.33. The zero-order valence-electron chi connectivity index (χ0n) is 19.6. The van der Waals surface area contributed by atoms with Gasteiger partial charge in [0.25, 0.3) is 5.91 Å². The molecule has 2 aromatic heterocycles. The lowest BCUT2D eigenvalue weighted by atomic mass is 10.0. The Kier molecular flexibility index (Phi) is 5.45. The number of carbonyl (C=O) groups is 1. The standard InChI is InChI=1S/C26H29N7O/c1-29-21-7-4-15(10-16(21)13-27)22-12-20(26(28)34)25-24(30-22)19-6-5-17(11-23(19)31-25)33-9-8-18(14-33)32(2)3/h4-7,10-13,18,27,29,31H,8-9,14H2,1-3H3,(H2,28,34). The molecule has 1 atom stereocenters. The SMILES string of the molecule is CNc1ccc(-c2cc(C(N)=O)c3[nH]c4cc(N5CCC(N(C)C)C5)ccc4c3n2)cc1C=N. The van der Waals surface area contributed by atoms with Crippen LogP contribution in [0.1, 0.15) is 22.3 Å². The molecular weight excluding hydrogens is 426 g/mol. The topological polar surface area (TPSA) is 114 Å². The Balaban J connectivity index is 1.63. The summed E-state index contributed by atoms with van der Waals surface area (Å²) in [6.45, 7) is 2.01. The lowest BCUT2D eigenvalue weighted by Crippen LogP contribution is -2.31. The van der Waals surface area contributed by atoms with E-state index in [2.05, 4.69) is 52.4 Å². The summed E-state index contributed by atoms with van der Waals surface area (Å²) < 4.78 is 0. The first-order valence-electron chi connectivity index (χ1n) is 11.4. The fourth-order valence-corrected chi connectivity index (χ4v) is 4.85. The van der Waals surface area contributed by atoms with Gasteiger partial charge in [-0.1, -0.05) is 6.07 Å². The molecule has 34 heavy (non-hydrogen) atoms. The number of amides is 1. The van der Waals surface area contributed by atoms with E-state index < -0.39 is 5.91 Å². The van der Waals surface area contributed by atoms with Gasteiger partial charge < -0.3 is 31.2 Å². The van der Waals surface area contributed by atoms with E-state index in [1.807, 2.05) is 25.2 Å². The number of H-pyrrole nitrogens is 1. The maximum absolute atomic E-state index is 12.4. The van der Waals surface area contributed by atoms with Crippen LogP contribution in [0.3, 0.4) is 0 Å². The number of hydrogen-bond donors (Lipinski definition) is 4. The van der Waals surface area contributed by atoms with Gasteiger partial charge in [-0.15, -0.1) is 0 Å². The smallest absolute Gasteiger partial charge is 0.250 e. The number of hydrogen-bond acceptors (Lipinski definition) is 6. The average Bonchev–Trinajstić information content (AvgIpc) is 3.47. The van der Waals surface area contributed by atoms with Crippen LogP contribution in [0.25, 0.3) is 33.2 Å². The van der Waals surface area contributed by atoms with Gasteiger partial charge in [0.15, 0.2) is 0 Å². The largest absolute Gasteiger partial charge is 0.388 e. The van der Waals surface area contributed by atoms with Crippen molar-refractivity contribution in [1.29, 1.82) is 5.41 Å². The highest BCUT2D eigenvalue weighted by Gasteiger charge is 2.25. The number of primary amides is 1. The third-order valence-corrected chi connectivity index (χ3v) is 6.83. The Morgan fingerprint density at radius 1 is 1.26 bits per heavy atom. The molecule has 1 saturated heterocycles. The fraction of sp³-hybridized carbons (Fsp3) is 0.269. The highest BCUT2D eigenvalue weighted by molar-refractivity contribution is 6.14. The fourth-order valence-electron chi connectivity index (χ4n) is 4.85. The number of aromatic amines is 1. The van der Waals surface area contributed by atoms with E-state index >= 15 is 0 Å². The molecule has 1 amide bonds. The number of nitrogens with one attached hydrogen (secondary N) is 3. The third-order valence-electron chi connectivity index (χ3n) is 6.83. The molecule has 5 N–H and O–H groups in total. The molecule has 8 heteroatoms. The monoisotopic (exact) mass is 455 g/mol. The van der Waals surface area contributed by atoms with E-state index in [-0.39, 0.29) is 0 Å². The quantitative estimate of drug-likeness (QED) is 0.331. The summed E-state index contributed by atoms with van der Waals surface area (Å²) in [6, 6.07) is 14.3. The second-order valence-corrected chi connectivity index (χ2v) is 9.05. The molecule has 5 rings (SSSR count). The summed E-state index contributed by atoms with van der Waals surface area (Å²) >= 11 is 0. The third kappa shape index (κ3) is 3.66. The zero-order valence-corrected chi connectivity index (χ0v) is 19.6. The summed E-state index contributed by atoms with van der Waals surface area (Å²) in [4.78, 5) is 25.4. The first-order valence-corrected chi connectivity index (χ1v) is 11.4. The van der Waals surface area contributed by atoms with Gasteiger partial charge in [-0.25, -0.2) is 4.98 Å². The molecule has 1 aliphatic rings. The van der Waals surface area contributed by atoms with Crippen LogP contribution in [0.15, 0.2) is 42.5 Å². The number of rotatable bonds is 6. The van der Waals surface area contributed by atoms with Gasteiger partial charge in [0.2, 0.25) is 0 Å². The predicted molar refractivity (Wildman–Crippen MR) is 139 cm³/mol. The van der Waals surface area contributed by atoms with Crippen LogP contribution in [0.2, 0.25) is 0 Å². The van der Waals surface area contributed by atoms with Gasteiger partial charge in [0.1, 0.15) is 0 Å². The van der Waals surface area contributed by atoms with E-state index in [4.69, 9.17) is 16.1 Å². The minimum atomic E-state index is -0.507. The second-order valence-electron chi connectivity index (χ2n) is 9.05. The van der Waals surface area contributed by atoms with E-state index in [0.29, 0.717) is 22.8 Å². The van der Waals surface area contributed by atoms with Crippen molar-refractivity contribution in [1.82, 2.24) is 14.9 Å². The number of benzene rings is 2. The van der Waals surface area contributed by atoms with Gasteiger partial charge in [-0.3, -0.25) is 4.79 Å². The molecule has 0 aliphatic carbocycles. The second kappa shape index (κ2) is 8.46. The van der Waals surface area contributed by atoms with Crippen molar-refractivity contribution >= 4 is 45.4 Å².